The number of benzene rings is 3. The van der Waals surface area contributed by atoms with E-state index < -0.39 is 24.4 Å². The fourth-order valence-electron chi connectivity index (χ4n) is 2.73. The summed E-state index contributed by atoms with van der Waals surface area (Å²) in [6.45, 7) is 1.54. The first kappa shape index (κ1) is 23.0. The molecule has 0 heterocycles. The number of carbonyl (C=O) groups is 3. The summed E-state index contributed by atoms with van der Waals surface area (Å²) in [4.78, 5) is 35.6. The zero-order chi connectivity index (χ0) is 23.6. The number of rotatable bonds is 8. The summed E-state index contributed by atoms with van der Waals surface area (Å²) in [6, 6.07) is 22.1. The van der Waals surface area contributed by atoms with Crippen LogP contribution in [0.2, 0.25) is 0 Å². The van der Waals surface area contributed by atoms with Crippen molar-refractivity contribution < 1.29 is 23.9 Å². The van der Waals surface area contributed by atoms with Crippen LogP contribution in [-0.4, -0.2) is 24.4 Å². The molecule has 0 bridgehead atoms. The van der Waals surface area contributed by atoms with Crippen molar-refractivity contribution in [3.63, 3.8) is 0 Å². The van der Waals surface area contributed by atoms with E-state index >= 15 is 0 Å². The number of nitrogens with one attached hydrogen (secondary N) is 2. The Morgan fingerprint density at radius 2 is 1.30 bits per heavy atom. The number of nitrogens with zero attached hydrogens (tertiary/aromatic N) is 1. The van der Waals surface area contributed by atoms with Crippen LogP contribution in [0.5, 0.6) is 11.5 Å². The number of esters is 1. The van der Waals surface area contributed by atoms with Gasteiger partial charge in [-0.3, -0.25) is 9.59 Å². The van der Waals surface area contributed by atoms with Crippen LogP contribution in [0.1, 0.15) is 22.3 Å². The zero-order valence-corrected chi connectivity index (χ0v) is 17.8. The molecular formula is C25H21N3O5. The highest BCUT2D eigenvalue weighted by molar-refractivity contribution is 5.96. The lowest BCUT2D eigenvalue weighted by Crippen LogP contribution is -2.20. The van der Waals surface area contributed by atoms with Gasteiger partial charge in [-0.15, -0.1) is 0 Å². The number of carbonyl (C=O) groups excluding carboxylic acids is 3. The smallest absolute Gasteiger partial charge is 0.338 e. The van der Waals surface area contributed by atoms with E-state index in [1.54, 1.807) is 30.3 Å². The fourth-order valence-corrected chi connectivity index (χ4v) is 2.73. The molecule has 0 aromatic heterocycles. The highest BCUT2D eigenvalue weighted by Crippen LogP contribution is 2.23. The molecule has 0 atom stereocenters. The van der Waals surface area contributed by atoms with Gasteiger partial charge in [0, 0.05) is 11.4 Å². The SMILES string of the molecule is Cc1ccc(Oc2ccc(NC(=O)COC(=O)c3ccc(NC(=O)CC#N)cc3)cc2)cc1. The van der Waals surface area contributed by atoms with Crippen LogP contribution < -0.4 is 15.4 Å². The van der Waals surface area contributed by atoms with Crippen LogP contribution in [0.25, 0.3) is 0 Å². The van der Waals surface area contributed by atoms with Crippen LogP contribution >= 0.6 is 0 Å². The molecule has 8 heteroatoms. The number of anilines is 2. The minimum Gasteiger partial charge on any atom is -0.457 e. The Labute approximate surface area is 190 Å². The van der Waals surface area contributed by atoms with Gasteiger partial charge in [-0.1, -0.05) is 17.7 Å². The van der Waals surface area contributed by atoms with Gasteiger partial charge in [0.2, 0.25) is 5.91 Å². The van der Waals surface area contributed by atoms with Gasteiger partial charge in [0.15, 0.2) is 6.61 Å². The minimum absolute atomic E-state index is 0.221. The zero-order valence-electron chi connectivity index (χ0n) is 17.8. The van der Waals surface area contributed by atoms with Gasteiger partial charge in [0.1, 0.15) is 17.9 Å². The lowest BCUT2D eigenvalue weighted by Gasteiger charge is -2.09. The van der Waals surface area contributed by atoms with Crippen LogP contribution in [-0.2, 0) is 14.3 Å². The number of nitriles is 1. The molecule has 0 aliphatic heterocycles. The molecular weight excluding hydrogens is 422 g/mol. The van der Waals surface area contributed by atoms with Crippen LogP contribution in [0.4, 0.5) is 11.4 Å². The van der Waals surface area contributed by atoms with Gasteiger partial charge in [-0.2, -0.15) is 5.26 Å². The Morgan fingerprint density at radius 3 is 1.88 bits per heavy atom. The Bertz CT molecular complexity index is 1160. The fraction of sp³-hybridized carbons (Fsp3) is 0.120. The van der Waals surface area contributed by atoms with Crippen molar-refractivity contribution in [2.75, 3.05) is 17.2 Å². The Hall–Kier alpha value is -4.64. The summed E-state index contributed by atoms with van der Waals surface area (Å²) >= 11 is 0. The van der Waals surface area contributed by atoms with E-state index in [1.165, 1.54) is 24.3 Å². The molecule has 0 aliphatic carbocycles. The monoisotopic (exact) mass is 443 g/mol. The molecule has 0 unspecified atom stereocenters. The molecule has 0 fully saturated rings. The van der Waals surface area contributed by atoms with Gasteiger partial charge in [0.25, 0.3) is 5.91 Å². The number of hydrogen-bond donors (Lipinski definition) is 2. The summed E-state index contributed by atoms with van der Waals surface area (Å²) in [6.07, 6.45) is -0.262. The third-order valence-electron chi connectivity index (χ3n) is 4.37. The summed E-state index contributed by atoms with van der Waals surface area (Å²) in [5.41, 5.74) is 2.33. The van der Waals surface area contributed by atoms with Crippen molar-refractivity contribution in [2.45, 2.75) is 13.3 Å². The highest BCUT2D eigenvalue weighted by atomic mass is 16.5. The van der Waals surface area contributed by atoms with Gasteiger partial charge in [0.05, 0.1) is 11.6 Å². The number of aryl methyl sites for hydroxylation is 1. The van der Waals surface area contributed by atoms with Gasteiger partial charge in [-0.25, -0.2) is 4.79 Å². The number of amides is 2. The molecule has 0 saturated heterocycles. The lowest BCUT2D eigenvalue weighted by atomic mass is 10.2. The van der Waals surface area contributed by atoms with E-state index in [4.69, 9.17) is 14.7 Å². The molecule has 3 aromatic rings. The minimum atomic E-state index is -0.679. The average Bonchev–Trinajstić information content (AvgIpc) is 2.81. The quantitative estimate of drug-likeness (QED) is 0.497. The van der Waals surface area contributed by atoms with Crippen LogP contribution in [0.15, 0.2) is 72.8 Å². The van der Waals surface area contributed by atoms with Gasteiger partial charge < -0.3 is 20.1 Å². The molecule has 0 spiro atoms. The largest absolute Gasteiger partial charge is 0.457 e. The van der Waals surface area contributed by atoms with Crippen molar-refractivity contribution in [1.82, 2.24) is 0 Å². The van der Waals surface area contributed by atoms with Crippen molar-refractivity contribution in [3.05, 3.63) is 83.9 Å². The summed E-state index contributed by atoms with van der Waals surface area (Å²) in [5, 5.41) is 13.7. The third kappa shape index (κ3) is 7.22. The van der Waals surface area contributed by atoms with Crippen molar-refractivity contribution in [3.8, 4) is 17.6 Å². The second kappa shape index (κ2) is 11.1. The average molecular weight is 443 g/mol. The second-order valence-corrected chi connectivity index (χ2v) is 7.02. The van der Waals surface area contributed by atoms with Crippen LogP contribution in [0.3, 0.4) is 0 Å². The molecule has 33 heavy (non-hydrogen) atoms. The maximum atomic E-state index is 12.1. The molecule has 0 saturated carbocycles. The first-order chi connectivity index (χ1) is 15.9. The first-order valence-corrected chi connectivity index (χ1v) is 10.0. The lowest BCUT2D eigenvalue weighted by molar-refractivity contribution is -0.119. The normalized spacial score (nSPS) is 9.94. The second-order valence-electron chi connectivity index (χ2n) is 7.02. The molecule has 0 aliphatic rings. The molecule has 3 rings (SSSR count). The van der Waals surface area contributed by atoms with Gasteiger partial charge in [-0.05, 0) is 67.6 Å². The number of hydrogen-bond acceptors (Lipinski definition) is 6. The number of ether oxygens (including phenoxy) is 2. The Kier molecular flexibility index (Phi) is 7.76. The first-order valence-electron chi connectivity index (χ1n) is 10.0. The molecule has 8 nitrogen and oxygen atoms in total. The highest BCUT2D eigenvalue weighted by Gasteiger charge is 2.11. The van der Waals surface area contributed by atoms with E-state index in [-0.39, 0.29) is 12.0 Å². The molecule has 0 radical (unpaired) electrons. The maximum Gasteiger partial charge on any atom is 0.338 e. The Balaban J connectivity index is 1.45. The third-order valence-corrected chi connectivity index (χ3v) is 4.37. The Morgan fingerprint density at radius 1 is 0.788 bits per heavy atom. The van der Waals surface area contributed by atoms with E-state index in [1.807, 2.05) is 31.2 Å². The summed E-state index contributed by atoms with van der Waals surface area (Å²) < 4.78 is 10.8. The molecule has 2 N–H and O–H groups in total. The predicted molar refractivity (Wildman–Crippen MR) is 122 cm³/mol. The predicted octanol–water partition coefficient (Wildman–Crippen LogP) is 4.44. The van der Waals surface area contributed by atoms with E-state index in [9.17, 15) is 14.4 Å². The van der Waals surface area contributed by atoms with E-state index in [0.29, 0.717) is 22.9 Å². The van der Waals surface area contributed by atoms with Crippen molar-refractivity contribution in [2.24, 2.45) is 0 Å². The molecule has 166 valence electrons. The van der Waals surface area contributed by atoms with Gasteiger partial charge >= 0.3 is 5.97 Å². The summed E-state index contributed by atoms with van der Waals surface area (Å²) in [5.74, 6) is -0.283. The van der Waals surface area contributed by atoms with Crippen molar-refractivity contribution in [1.29, 1.82) is 5.26 Å². The van der Waals surface area contributed by atoms with Crippen LogP contribution in [0, 0.1) is 18.3 Å². The van der Waals surface area contributed by atoms with Crippen molar-refractivity contribution >= 4 is 29.2 Å². The maximum absolute atomic E-state index is 12.1. The molecule has 3 aromatic carbocycles. The summed E-state index contributed by atoms with van der Waals surface area (Å²) in [7, 11) is 0. The molecule has 2 amide bonds. The topological polar surface area (TPSA) is 118 Å². The standard InChI is InChI=1S/C25H21N3O5/c1-17-2-10-21(11-3-17)33-22-12-8-20(9-13-22)28-24(30)16-32-25(31)18-4-6-19(7-5-18)27-23(29)14-15-26/h2-13H,14,16H2,1H3,(H,27,29)(H,28,30). The van der Waals surface area contributed by atoms with E-state index in [0.717, 1.165) is 5.56 Å². The van der Waals surface area contributed by atoms with E-state index in [2.05, 4.69) is 10.6 Å².